The van der Waals surface area contributed by atoms with Gasteiger partial charge in [0.15, 0.2) is 0 Å². The summed E-state index contributed by atoms with van der Waals surface area (Å²) in [6.45, 7) is 1.58. The van der Waals surface area contributed by atoms with E-state index in [-0.39, 0.29) is 5.56 Å². The molecule has 1 heterocycles. The van der Waals surface area contributed by atoms with E-state index in [0.717, 1.165) is 5.56 Å². The smallest absolute Gasteiger partial charge is 0.335 e. The molecule has 0 saturated heterocycles. The molecule has 2 unspecified atom stereocenters. The Labute approximate surface area is 97.6 Å². The van der Waals surface area contributed by atoms with E-state index in [1.54, 1.807) is 13.0 Å². The van der Waals surface area contributed by atoms with Gasteiger partial charge in [0.05, 0.1) is 11.5 Å². The number of carbonyl (C=O) groups is 2. The third-order valence-electron chi connectivity index (χ3n) is 2.95. The molecule has 0 spiro atoms. The van der Waals surface area contributed by atoms with Crippen molar-refractivity contribution >= 4 is 11.9 Å². The first-order valence-corrected chi connectivity index (χ1v) is 5.24. The van der Waals surface area contributed by atoms with E-state index in [9.17, 15) is 9.59 Å². The number of ether oxygens (including phenoxy) is 1. The number of hydrogen-bond acceptors (Lipinski definition) is 3. The number of hydrogen-bond donors (Lipinski definition) is 2. The van der Waals surface area contributed by atoms with Crippen LogP contribution in [0, 0.1) is 5.92 Å². The van der Waals surface area contributed by atoms with Crippen LogP contribution in [0.3, 0.4) is 0 Å². The van der Waals surface area contributed by atoms with E-state index in [0.29, 0.717) is 12.2 Å². The van der Waals surface area contributed by atoms with E-state index in [4.69, 9.17) is 14.9 Å². The first-order chi connectivity index (χ1) is 7.99. The predicted molar refractivity (Wildman–Crippen MR) is 58.3 cm³/mol. The number of carboxylic acid groups (broad SMARTS) is 2. The summed E-state index contributed by atoms with van der Waals surface area (Å²) < 4.78 is 5.49. The van der Waals surface area contributed by atoms with Gasteiger partial charge in [-0.15, -0.1) is 0 Å². The Morgan fingerprint density at radius 2 is 2.12 bits per heavy atom. The Kier molecular flexibility index (Phi) is 2.75. The van der Waals surface area contributed by atoms with Crippen LogP contribution in [0.5, 0.6) is 5.75 Å². The lowest BCUT2D eigenvalue weighted by Crippen LogP contribution is -2.29. The van der Waals surface area contributed by atoms with Crippen molar-refractivity contribution in [3.05, 3.63) is 29.3 Å². The molecule has 0 radical (unpaired) electrons. The number of aromatic carboxylic acids is 1. The molecule has 90 valence electrons. The molecule has 1 aliphatic rings. The Bertz CT molecular complexity index is 480. The Morgan fingerprint density at radius 3 is 2.71 bits per heavy atom. The Hall–Kier alpha value is -2.04. The predicted octanol–water partition coefficient (Wildman–Crippen LogP) is 1.41. The minimum atomic E-state index is -0.998. The second-order valence-electron chi connectivity index (χ2n) is 4.11. The third kappa shape index (κ3) is 2.08. The molecular formula is C12H12O5. The van der Waals surface area contributed by atoms with Gasteiger partial charge < -0.3 is 14.9 Å². The van der Waals surface area contributed by atoms with Gasteiger partial charge in [0, 0.05) is 6.42 Å². The van der Waals surface area contributed by atoms with Crippen molar-refractivity contribution in [1.82, 2.24) is 0 Å². The van der Waals surface area contributed by atoms with Gasteiger partial charge in [0.1, 0.15) is 11.9 Å². The van der Waals surface area contributed by atoms with E-state index in [2.05, 4.69) is 0 Å². The third-order valence-corrected chi connectivity index (χ3v) is 2.95. The first kappa shape index (κ1) is 11.4. The molecule has 5 nitrogen and oxygen atoms in total. The van der Waals surface area contributed by atoms with Crippen LogP contribution < -0.4 is 4.74 Å². The summed E-state index contributed by atoms with van der Waals surface area (Å²) in [5, 5.41) is 17.7. The van der Waals surface area contributed by atoms with Crippen LogP contribution >= 0.6 is 0 Å². The molecule has 1 aromatic carbocycles. The Balaban J connectivity index is 2.22. The molecule has 0 aliphatic carbocycles. The molecule has 0 aromatic heterocycles. The fraction of sp³-hybridized carbons (Fsp3) is 0.333. The van der Waals surface area contributed by atoms with Crippen LogP contribution in [0.25, 0.3) is 0 Å². The van der Waals surface area contributed by atoms with Crippen molar-refractivity contribution in [2.24, 2.45) is 5.92 Å². The topological polar surface area (TPSA) is 83.8 Å². The highest BCUT2D eigenvalue weighted by atomic mass is 16.5. The minimum absolute atomic E-state index is 0.191. The second kappa shape index (κ2) is 4.08. The van der Waals surface area contributed by atoms with Gasteiger partial charge in [-0.3, -0.25) is 4.79 Å². The van der Waals surface area contributed by atoms with Gasteiger partial charge >= 0.3 is 11.9 Å². The zero-order valence-corrected chi connectivity index (χ0v) is 9.21. The average Bonchev–Trinajstić information content (AvgIpc) is 2.69. The van der Waals surface area contributed by atoms with Crippen molar-refractivity contribution < 1.29 is 24.5 Å². The standard InChI is InChI=1S/C12H12O5/c1-6(11(13)14)10-5-8-4-7(12(15)16)2-3-9(8)17-10/h2-4,6,10H,5H2,1H3,(H,13,14)(H,15,16). The molecule has 2 N–H and O–H groups in total. The summed E-state index contributed by atoms with van der Waals surface area (Å²) in [6, 6.07) is 4.56. The number of rotatable bonds is 3. The van der Waals surface area contributed by atoms with Crippen LogP contribution in [0.2, 0.25) is 0 Å². The lowest BCUT2D eigenvalue weighted by Gasteiger charge is -2.14. The fourth-order valence-corrected chi connectivity index (χ4v) is 1.85. The highest BCUT2D eigenvalue weighted by Crippen LogP contribution is 2.32. The summed E-state index contributed by atoms with van der Waals surface area (Å²) in [4.78, 5) is 21.6. The van der Waals surface area contributed by atoms with Crippen LogP contribution in [0.4, 0.5) is 0 Å². The highest BCUT2D eigenvalue weighted by Gasteiger charge is 2.32. The van der Waals surface area contributed by atoms with Gasteiger partial charge in [-0.2, -0.15) is 0 Å². The number of carboxylic acids is 2. The van der Waals surface area contributed by atoms with Gasteiger partial charge in [-0.05, 0) is 30.7 Å². The van der Waals surface area contributed by atoms with Crippen molar-refractivity contribution in [1.29, 1.82) is 0 Å². The highest BCUT2D eigenvalue weighted by molar-refractivity contribution is 5.88. The SMILES string of the molecule is CC(C(=O)O)C1Cc2cc(C(=O)O)ccc2O1. The lowest BCUT2D eigenvalue weighted by molar-refractivity contribution is -0.143. The molecular weight excluding hydrogens is 224 g/mol. The monoisotopic (exact) mass is 236 g/mol. The maximum Gasteiger partial charge on any atom is 0.335 e. The van der Waals surface area contributed by atoms with Crippen LogP contribution in [-0.2, 0) is 11.2 Å². The molecule has 1 aliphatic heterocycles. The summed E-state index contributed by atoms with van der Waals surface area (Å²) in [5.41, 5.74) is 0.943. The van der Waals surface area contributed by atoms with Gasteiger partial charge in [0.2, 0.25) is 0 Å². The second-order valence-corrected chi connectivity index (χ2v) is 4.11. The molecule has 2 rings (SSSR count). The molecule has 0 fully saturated rings. The van der Waals surface area contributed by atoms with E-state index >= 15 is 0 Å². The Morgan fingerprint density at radius 1 is 1.41 bits per heavy atom. The van der Waals surface area contributed by atoms with E-state index in [1.165, 1.54) is 12.1 Å². The molecule has 5 heteroatoms. The molecule has 0 amide bonds. The summed E-state index contributed by atoms with van der Waals surface area (Å²) >= 11 is 0. The maximum absolute atomic E-state index is 10.8. The number of fused-ring (bicyclic) bond motifs is 1. The molecule has 2 atom stereocenters. The van der Waals surface area contributed by atoms with Gasteiger partial charge in [-0.25, -0.2) is 4.79 Å². The maximum atomic E-state index is 10.8. The summed E-state index contributed by atoms with van der Waals surface area (Å²) in [7, 11) is 0. The van der Waals surface area contributed by atoms with Crippen molar-refractivity contribution in [2.45, 2.75) is 19.4 Å². The van der Waals surface area contributed by atoms with Crippen molar-refractivity contribution in [3.63, 3.8) is 0 Å². The molecule has 0 bridgehead atoms. The number of aliphatic carboxylic acids is 1. The van der Waals surface area contributed by atoms with Crippen molar-refractivity contribution in [3.8, 4) is 5.75 Å². The van der Waals surface area contributed by atoms with Crippen LogP contribution in [-0.4, -0.2) is 28.3 Å². The normalized spacial score (nSPS) is 19.2. The fourth-order valence-electron chi connectivity index (χ4n) is 1.85. The molecule has 1 aromatic rings. The largest absolute Gasteiger partial charge is 0.489 e. The van der Waals surface area contributed by atoms with Crippen molar-refractivity contribution in [2.75, 3.05) is 0 Å². The minimum Gasteiger partial charge on any atom is -0.489 e. The first-order valence-electron chi connectivity index (χ1n) is 5.24. The van der Waals surface area contributed by atoms with E-state index in [1.807, 2.05) is 0 Å². The quantitative estimate of drug-likeness (QED) is 0.828. The lowest BCUT2D eigenvalue weighted by atomic mass is 9.99. The van der Waals surface area contributed by atoms with Crippen LogP contribution in [0.15, 0.2) is 18.2 Å². The zero-order chi connectivity index (χ0) is 12.6. The van der Waals surface area contributed by atoms with E-state index < -0.39 is 24.0 Å². The molecule has 17 heavy (non-hydrogen) atoms. The molecule has 0 saturated carbocycles. The number of benzene rings is 1. The summed E-state index contributed by atoms with van der Waals surface area (Å²) in [5.74, 6) is -1.95. The zero-order valence-electron chi connectivity index (χ0n) is 9.21. The summed E-state index contributed by atoms with van der Waals surface area (Å²) in [6.07, 6.45) is 0.00995. The van der Waals surface area contributed by atoms with Gasteiger partial charge in [0.25, 0.3) is 0 Å². The van der Waals surface area contributed by atoms with Gasteiger partial charge in [-0.1, -0.05) is 0 Å². The van der Waals surface area contributed by atoms with Crippen LogP contribution in [0.1, 0.15) is 22.8 Å². The average molecular weight is 236 g/mol.